The Bertz CT molecular complexity index is 468. The Kier molecular flexibility index (Phi) is 5.90. The number of hydrogen-bond donors (Lipinski definition) is 1. The van der Waals surface area contributed by atoms with E-state index < -0.39 is 0 Å². The molecular weight excluding hydrogens is 244 g/mol. The van der Waals surface area contributed by atoms with Gasteiger partial charge in [0.15, 0.2) is 0 Å². The maximum atomic E-state index is 12.2. The van der Waals surface area contributed by atoms with Gasteiger partial charge in [0.25, 0.3) is 5.91 Å². The number of rotatable bonds is 4. The standard InChI is InChI=1S/C14H20N2OS/c1-4-5-9-16(3)14(17)13-10-11(2)12(18-13)7-6-8-15/h10H,4-5,8-9,15H2,1-3H3. The molecule has 1 heterocycles. The monoisotopic (exact) mass is 264 g/mol. The highest BCUT2D eigenvalue weighted by Crippen LogP contribution is 2.22. The largest absolute Gasteiger partial charge is 0.341 e. The summed E-state index contributed by atoms with van der Waals surface area (Å²) in [5.41, 5.74) is 6.40. The van der Waals surface area contributed by atoms with Gasteiger partial charge in [0, 0.05) is 13.6 Å². The first-order valence-electron chi connectivity index (χ1n) is 6.15. The molecule has 4 heteroatoms. The molecule has 2 N–H and O–H groups in total. The van der Waals surface area contributed by atoms with Gasteiger partial charge >= 0.3 is 0 Å². The molecule has 0 fully saturated rings. The molecule has 0 atom stereocenters. The van der Waals surface area contributed by atoms with E-state index >= 15 is 0 Å². The fourth-order valence-corrected chi connectivity index (χ4v) is 2.57. The van der Waals surface area contributed by atoms with Gasteiger partial charge in [0.2, 0.25) is 0 Å². The van der Waals surface area contributed by atoms with Crippen LogP contribution in [0.3, 0.4) is 0 Å². The zero-order valence-corrected chi connectivity index (χ0v) is 12.1. The average Bonchev–Trinajstić information content (AvgIpc) is 2.73. The first-order valence-corrected chi connectivity index (χ1v) is 6.96. The zero-order chi connectivity index (χ0) is 13.5. The van der Waals surface area contributed by atoms with Crippen LogP contribution in [-0.4, -0.2) is 30.9 Å². The van der Waals surface area contributed by atoms with Crippen molar-refractivity contribution in [3.8, 4) is 11.8 Å². The highest BCUT2D eigenvalue weighted by molar-refractivity contribution is 7.14. The van der Waals surface area contributed by atoms with Crippen LogP contribution >= 0.6 is 11.3 Å². The van der Waals surface area contributed by atoms with Crippen LogP contribution in [0, 0.1) is 18.8 Å². The van der Waals surface area contributed by atoms with Crippen LogP contribution in [-0.2, 0) is 0 Å². The van der Waals surface area contributed by atoms with Gasteiger partial charge in [-0.15, -0.1) is 11.3 Å². The number of carbonyl (C=O) groups is 1. The second-order valence-corrected chi connectivity index (χ2v) is 5.26. The number of carbonyl (C=O) groups excluding carboxylic acids is 1. The van der Waals surface area contributed by atoms with Gasteiger partial charge in [0.1, 0.15) is 0 Å². The number of amides is 1. The Hall–Kier alpha value is -1.31. The molecule has 0 aromatic carbocycles. The molecule has 1 amide bonds. The normalized spacial score (nSPS) is 9.78. The molecule has 1 aromatic rings. The van der Waals surface area contributed by atoms with E-state index in [1.54, 1.807) is 4.90 Å². The second kappa shape index (κ2) is 7.20. The second-order valence-electron chi connectivity index (χ2n) is 4.21. The van der Waals surface area contributed by atoms with Crippen LogP contribution in [0.15, 0.2) is 6.07 Å². The number of nitrogens with two attached hydrogens (primary N) is 1. The van der Waals surface area contributed by atoms with Gasteiger partial charge in [-0.1, -0.05) is 25.2 Å². The van der Waals surface area contributed by atoms with Crippen LogP contribution in [0.4, 0.5) is 0 Å². The fourth-order valence-electron chi connectivity index (χ4n) is 1.53. The molecule has 1 aromatic heterocycles. The lowest BCUT2D eigenvalue weighted by molar-refractivity contribution is 0.0798. The van der Waals surface area contributed by atoms with Crippen molar-refractivity contribution in [1.82, 2.24) is 4.90 Å². The number of thiophene rings is 1. The summed E-state index contributed by atoms with van der Waals surface area (Å²) in [6.45, 7) is 5.24. The minimum atomic E-state index is 0.0809. The quantitative estimate of drug-likeness (QED) is 0.848. The minimum Gasteiger partial charge on any atom is -0.341 e. The van der Waals surface area contributed by atoms with Crippen molar-refractivity contribution in [2.45, 2.75) is 26.7 Å². The van der Waals surface area contributed by atoms with Crippen molar-refractivity contribution < 1.29 is 4.79 Å². The van der Waals surface area contributed by atoms with Crippen molar-refractivity contribution in [3.05, 3.63) is 21.4 Å². The van der Waals surface area contributed by atoms with E-state index in [1.807, 2.05) is 20.0 Å². The highest BCUT2D eigenvalue weighted by atomic mass is 32.1. The molecule has 98 valence electrons. The third-order valence-electron chi connectivity index (χ3n) is 2.63. The molecule has 0 saturated carbocycles. The molecule has 0 spiro atoms. The molecule has 0 aliphatic rings. The van der Waals surface area contributed by atoms with Crippen LogP contribution in [0.1, 0.15) is 39.9 Å². The number of hydrogen-bond acceptors (Lipinski definition) is 3. The average molecular weight is 264 g/mol. The first-order chi connectivity index (χ1) is 8.60. The Balaban J connectivity index is 2.81. The van der Waals surface area contributed by atoms with Gasteiger partial charge in [-0.3, -0.25) is 4.79 Å². The van der Waals surface area contributed by atoms with E-state index in [1.165, 1.54) is 11.3 Å². The summed E-state index contributed by atoms with van der Waals surface area (Å²) in [6, 6.07) is 1.91. The highest BCUT2D eigenvalue weighted by Gasteiger charge is 2.15. The molecule has 3 nitrogen and oxygen atoms in total. The summed E-state index contributed by atoms with van der Waals surface area (Å²) in [5, 5.41) is 0. The third kappa shape index (κ3) is 3.86. The maximum Gasteiger partial charge on any atom is 0.263 e. The van der Waals surface area contributed by atoms with E-state index in [0.717, 1.165) is 34.7 Å². The van der Waals surface area contributed by atoms with Crippen LogP contribution in [0.25, 0.3) is 0 Å². The molecule has 1 rings (SSSR count). The molecule has 18 heavy (non-hydrogen) atoms. The number of aryl methyl sites for hydroxylation is 1. The van der Waals surface area contributed by atoms with Crippen LogP contribution in [0.2, 0.25) is 0 Å². The van der Waals surface area contributed by atoms with Crippen LogP contribution in [0.5, 0.6) is 0 Å². The predicted molar refractivity (Wildman–Crippen MR) is 76.9 cm³/mol. The summed E-state index contributed by atoms with van der Waals surface area (Å²) in [4.78, 5) is 15.6. The Morgan fingerprint density at radius 3 is 2.89 bits per heavy atom. The summed E-state index contributed by atoms with van der Waals surface area (Å²) in [5.74, 6) is 5.91. The zero-order valence-electron chi connectivity index (χ0n) is 11.2. The van der Waals surface area contributed by atoms with Crippen molar-refractivity contribution in [1.29, 1.82) is 0 Å². The topological polar surface area (TPSA) is 46.3 Å². The molecule has 0 saturated heterocycles. The summed E-state index contributed by atoms with van der Waals surface area (Å²) < 4.78 is 0. The Morgan fingerprint density at radius 2 is 2.28 bits per heavy atom. The molecule has 0 radical (unpaired) electrons. The van der Waals surface area contributed by atoms with Crippen LogP contribution < -0.4 is 5.73 Å². The predicted octanol–water partition coefficient (Wildman–Crippen LogP) is 2.24. The maximum absolute atomic E-state index is 12.2. The molecular formula is C14H20N2OS. The summed E-state index contributed by atoms with van der Waals surface area (Å²) in [7, 11) is 1.85. The van der Waals surface area contributed by atoms with Gasteiger partial charge in [-0.25, -0.2) is 0 Å². The summed E-state index contributed by atoms with van der Waals surface area (Å²) in [6.07, 6.45) is 2.13. The van der Waals surface area contributed by atoms with Gasteiger partial charge in [0.05, 0.1) is 16.3 Å². The van der Waals surface area contributed by atoms with E-state index in [-0.39, 0.29) is 5.91 Å². The third-order valence-corrected chi connectivity index (χ3v) is 3.77. The van der Waals surface area contributed by atoms with Crippen molar-refractivity contribution in [2.75, 3.05) is 20.1 Å². The number of unbranched alkanes of at least 4 members (excludes halogenated alkanes) is 1. The van der Waals surface area contributed by atoms with E-state index in [0.29, 0.717) is 6.54 Å². The smallest absolute Gasteiger partial charge is 0.263 e. The van der Waals surface area contributed by atoms with E-state index in [4.69, 9.17) is 5.73 Å². The van der Waals surface area contributed by atoms with E-state index in [2.05, 4.69) is 18.8 Å². The van der Waals surface area contributed by atoms with Gasteiger partial charge in [-0.05, 0) is 25.0 Å². The molecule has 0 unspecified atom stereocenters. The SMILES string of the molecule is CCCCN(C)C(=O)c1cc(C)c(C#CCN)s1. The Morgan fingerprint density at radius 1 is 1.56 bits per heavy atom. The lowest BCUT2D eigenvalue weighted by atomic mass is 10.2. The van der Waals surface area contributed by atoms with Gasteiger partial charge < -0.3 is 10.6 Å². The lowest BCUT2D eigenvalue weighted by Gasteiger charge is -2.15. The Labute approximate surface area is 113 Å². The lowest BCUT2D eigenvalue weighted by Crippen LogP contribution is -2.26. The minimum absolute atomic E-state index is 0.0809. The first kappa shape index (κ1) is 14.7. The molecule has 0 aliphatic carbocycles. The van der Waals surface area contributed by atoms with Gasteiger partial charge in [-0.2, -0.15) is 0 Å². The molecule has 0 bridgehead atoms. The summed E-state index contributed by atoms with van der Waals surface area (Å²) >= 11 is 1.45. The van der Waals surface area contributed by atoms with E-state index in [9.17, 15) is 4.79 Å². The van der Waals surface area contributed by atoms with Crippen molar-refractivity contribution in [2.24, 2.45) is 5.73 Å². The van der Waals surface area contributed by atoms with Crippen molar-refractivity contribution in [3.63, 3.8) is 0 Å². The number of nitrogens with zero attached hydrogens (tertiary/aromatic N) is 1. The molecule has 0 aliphatic heterocycles. The van der Waals surface area contributed by atoms with Crippen molar-refractivity contribution >= 4 is 17.2 Å². The fraction of sp³-hybridized carbons (Fsp3) is 0.500.